The molecule has 1 saturated carbocycles. The van der Waals surface area contributed by atoms with E-state index < -0.39 is 0 Å². The van der Waals surface area contributed by atoms with Crippen LogP contribution >= 0.6 is 0 Å². The van der Waals surface area contributed by atoms with E-state index in [1.165, 1.54) is 12.0 Å². The van der Waals surface area contributed by atoms with Crippen LogP contribution in [0.15, 0.2) is 24.3 Å². The van der Waals surface area contributed by atoms with Gasteiger partial charge in [-0.3, -0.25) is 0 Å². The molecule has 1 aromatic carbocycles. The number of benzene rings is 1. The molecule has 0 radical (unpaired) electrons. The van der Waals surface area contributed by atoms with Gasteiger partial charge >= 0.3 is 0 Å². The minimum atomic E-state index is -0.0906. The molecule has 0 saturated heterocycles. The molecule has 2 atom stereocenters. The van der Waals surface area contributed by atoms with Gasteiger partial charge < -0.3 is 15.2 Å². The van der Waals surface area contributed by atoms with Crippen LogP contribution in [0.2, 0.25) is 0 Å². The summed E-state index contributed by atoms with van der Waals surface area (Å²) in [5.41, 5.74) is 1.21. The van der Waals surface area contributed by atoms with Gasteiger partial charge in [0.25, 0.3) is 0 Å². The lowest BCUT2D eigenvalue weighted by molar-refractivity contribution is 0.100. The molecule has 0 bridgehead atoms. The van der Waals surface area contributed by atoms with Crippen LogP contribution < -0.4 is 10.1 Å². The van der Waals surface area contributed by atoms with Gasteiger partial charge in [-0.05, 0) is 51.6 Å². The van der Waals surface area contributed by atoms with E-state index in [1.54, 1.807) is 0 Å². The molecule has 0 amide bonds. The van der Waals surface area contributed by atoms with Crippen LogP contribution in [0.1, 0.15) is 45.1 Å². The van der Waals surface area contributed by atoms with Gasteiger partial charge in [0.15, 0.2) is 0 Å². The lowest BCUT2D eigenvalue weighted by atomic mass is 9.87. The summed E-state index contributed by atoms with van der Waals surface area (Å²) in [6.07, 6.45) is 4.41. The summed E-state index contributed by atoms with van der Waals surface area (Å²) < 4.78 is 5.82. The first-order chi connectivity index (χ1) is 9.65. The van der Waals surface area contributed by atoms with Crippen LogP contribution in [0.4, 0.5) is 0 Å². The van der Waals surface area contributed by atoms with Gasteiger partial charge in [-0.15, -0.1) is 0 Å². The van der Waals surface area contributed by atoms with Crippen molar-refractivity contribution in [2.45, 2.75) is 58.3 Å². The second-order valence-electron chi connectivity index (χ2n) is 6.09. The monoisotopic (exact) mass is 277 g/mol. The highest BCUT2D eigenvalue weighted by Crippen LogP contribution is 2.24. The third kappa shape index (κ3) is 4.80. The number of rotatable bonds is 6. The summed E-state index contributed by atoms with van der Waals surface area (Å²) in [6, 6.07) is 8.20. The summed E-state index contributed by atoms with van der Waals surface area (Å²) in [5.74, 6) is 1.58. The molecule has 3 heteroatoms. The van der Waals surface area contributed by atoms with Crippen LogP contribution in [0.5, 0.6) is 5.75 Å². The van der Waals surface area contributed by atoms with Crippen LogP contribution in [0.25, 0.3) is 0 Å². The van der Waals surface area contributed by atoms with Gasteiger partial charge in [0.1, 0.15) is 5.75 Å². The largest absolute Gasteiger partial charge is 0.491 e. The molecule has 0 spiro atoms. The summed E-state index contributed by atoms with van der Waals surface area (Å²) in [7, 11) is 0. The first-order valence-corrected chi connectivity index (χ1v) is 7.78. The van der Waals surface area contributed by atoms with E-state index >= 15 is 0 Å². The fourth-order valence-electron chi connectivity index (χ4n) is 2.88. The minimum Gasteiger partial charge on any atom is -0.491 e. The summed E-state index contributed by atoms with van der Waals surface area (Å²) in [6.45, 7) is 5.91. The highest BCUT2D eigenvalue weighted by atomic mass is 16.5. The standard InChI is InChI=1S/C17H27NO2/c1-13(2)20-17-9-4-3-7-15(17)12-18-11-14-6-5-8-16(19)10-14/h3-4,7,9,13-14,16,18-19H,5-6,8,10-12H2,1-2H3. The lowest BCUT2D eigenvalue weighted by Crippen LogP contribution is -2.29. The maximum atomic E-state index is 9.69. The van der Waals surface area contributed by atoms with E-state index in [-0.39, 0.29) is 12.2 Å². The summed E-state index contributed by atoms with van der Waals surface area (Å²) in [5, 5.41) is 13.2. The fourth-order valence-corrected chi connectivity index (χ4v) is 2.88. The highest BCUT2D eigenvalue weighted by Gasteiger charge is 2.19. The Balaban J connectivity index is 1.81. The zero-order valence-electron chi connectivity index (χ0n) is 12.6. The smallest absolute Gasteiger partial charge is 0.124 e. The first-order valence-electron chi connectivity index (χ1n) is 7.78. The predicted molar refractivity (Wildman–Crippen MR) is 81.9 cm³/mol. The quantitative estimate of drug-likeness (QED) is 0.839. The molecule has 0 heterocycles. The highest BCUT2D eigenvalue weighted by molar-refractivity contribution is 5.33. The van der Waals surface area contributed by atoms with Crippen molar-refractivity contribution < 1.29 is 9.84 Å². The molecule has 1 aromatic rings. The maximum absolute atomic E-state index is 9.69. The number of aliphatic hydroxyl groups is 1. The Kier molecular flexibility index (Phi) is 5.86. The van der Waals surface area contributed by atoms with Crippen molar-refractivity contribution in [3.63, 3.8) is 0 Å². The number of hydrogen-bond acceptors (Lipinski definition) is 3. The number of aliphatic hydroxyl groups excluding tert-OH is 1. The normalized spacial score (nSPS) is 23.0. The van der Waals surface area contributed by atoms with Crippen LogP contribution in [0.3, 0.4) is 0 Å². The number of hydrogen-bond donors (Lipinski definition) is 2. The molecular formula is C17H27NO2. The Hall–Kier alpha value is -1.06. The van der Waals surface area contributed by atoms with Crippen molar-refractivity contribution >= 4 is 0 Å². The Labute approximate surface area is 122 Å². The number of ether oxygens (including phenoxy) is 1. The molecule has 2 rings (SSSR count). The van der Waals surface area contributed by atoms with Crippen molar-refractivity contribution in [3.05, 3.63) is 29.8 Å². The van der Waals surface area contributed by atoms with Gasteiger partial charge in [0.05, 0.1) is 12.2 Å². The van der Waals surface area contributed by atoms with E-state index in [0.29, 0.717) is 5.92 Å². The predicted octanol–water partition coefficient (Wildman–Crippen LogP) is 3.11. The zero-order chi connectivity index (χ0) is 14.4. The molecule has 1 aliphatic carbocycles. The van der Waals surface area contributed by atoms with Crippen LogP contribution in [-0.4, -0.2) is 23.9 Å². The average molecular weight is 277 g/mol. The molecule has 2 unspecified atom stereocenters. The molecule has 0 aliphatic heterocycles. The topological polar surface area (TPSA) is 41.5 Å². The number of para-hydroxylation sites is 1. The maximum Gasteiger partial charge on any atom is 0.124 e. The Morgan fingerprint density at radius 2 is 2.10 bits per heavy atom. The summed E-state index contributed by atoms with van der Waals surface area (Å²) >= 11 is 0. The average Bonchev–Trinajstić information content (AvgIpc) is 2.40. The molecule has 20 heavy (non-hydrogen) atoms. The van der Waals surface area contributed by atoms with Crippen molar-refractivity contribution in [1.82, 2.24) is 5.32 Å². The Morgan fingerprint density at radius 1 is 1.30 bits per heavy atom. The van der Waals surface area contributed by atoms with Crippen molar-refractivity contribution in [1.29, 1.82) is 0 Å². The van der Waals surface area contributed by atoms with Gasteiger partial charge in [0.2, 0.25) is 0 Å². The zero-order valence-corrected chi connectivity index (χ0v) is 12.6. The Morgan fingerprint density at radius 3 is 2.85 bits per heavy atom. The second kappa shape index (κ2) is 7.65. The van der Waals surface area contributed by atoms with Gasteiger partial charge in [-0.25, -0.2) is 0 Å². The van der Waals surface area contributed by atoms with Crippen LogP contribution in [-0.2, 0) is 6.54 Å². The van der Waals surface area contributed by atoms with E-state index in [1.807, 2.05) is 26.0 Å². The van der Waals surface area contributed by atoms with E-state index in [4.69, 9.17) is 4.74 Å². The molecular weight excluding hydrogens is 250 g/mol. The lowest BCUT2D eigenvalue weighted by Gasteiger charge is -2.26. The second-order valence-corrected chi connectivity index (χ2v) is 6.09. The third-order valence-electron chi connectivity index (χ3n) is 3.84. The molecule has 3 nitrogen and oxygen atoms in total. The van der Waals surface area contributed by atoms with E-state index in [9.17, 15) is 5.11 Å². The Bertz CT molecular complexity index is 406. The molecule has 0 aromatic heterocycles. The minimum absolute atomic E-state index is 0.0906. The van der Waals surface area contributed by atoms with E-state index in [0.717, 1.165) is 38.1 Å². The molecule has 1 fully saturated rings. The SMILES string of the molecule is CC(C)Oc1ccccc1CNCC1CCCC(O)C1. The molecule has 112 valence electrons. The van der Waals surface area contributed by atoms with Crippen molar-refractivity contribution in [2.75, 3.05) is 6.54 Å². The van der Waals surface area contributed by atoms with Crippen LogP contribution in [0, 0.1) is 5.92 Å². The van der Waals surface area contributed by atoms with Gasteiger partial charge in [-0.2, -0.15) is 0 Å². The molecule has 1 aliphatic rings. The van der Waals surface area contributed by atoms with E-state index in [2.05, 4.69) is 17.4 Å². The van der Waals surface area contributed by atoms with Crippen molar-refractivity contribution in [3.8, 4) is 5.75 Å². The fraction of sp³-hybridized carbons (Fsp3) is 0.647. The summed E-state index contributed by atoms with van der Waals surface area (Å²) in [4.78, 5) is 0. The first kappa shape index (κ1) is 15.3. The molecule has 2 N–H and O–H groups in total. The van der Waals surface area contributed by atoms with Gasteiger partial charge in [-0.1, -0.05) is 24.6 Å². The number of nitrogens with one attached hydrogen (secondary N) is 1. The van der Waals surface area contributed by atoms with Crippen molar-refractivity contribution in [2.24, 2.45) is 5.92 Å². The van der Waals surface area contributed by atoms with Gasteiger partial charge in [0, 0.05) is 12.1 Å². The third-order valence-corrected chi connectivity index (χ3v) is 3.84.